The largest absolute Gasteiger partial charge is 0.396 e. The van der Waals surface area contributed by atoms with Crippen LogP contribution in [-0.4, -0.2) is 33.6 Å². The molecule has 4 N–H and O–H groups in total. The molecule has 0 aliphatic heterocycles. The minimum absolute atomic E-state index is 0. The van der Waals surface area contributed by atoms with Crippen LogP contribution in [-0.2, 0) is 39.4 Å². The molecular formula is C22H28F8O4Zr. The molecule has 0 radical (unpaired) electrons. The van der Waals surface area contributed by atoms with Crippen molar-refractivity contribution >= 4 is 0 Å². The molecule has 0 atom stereocenters. The zero-order valence-electron chi connectivity index (χ0n) is 19.6. The Morgan fingerprint density at radius 2 is 0.629 bits per heavy atom. The first-order valence-corrected chi connectivity index (χ1v) is 9.90. The second-order valence-electron chi connectivity index (χ2n) is 6.48. The van der Waals surface area contributed by atoms with E-state index >= 15 is 0 Å². The van der Waals surface area contributed by atoms with Gasteiger partial charge in [-0.2, -0.15) is 0 Å². The number of aliphatic hydroxyl groups is 4. The zero-order valence-corrected chi connectivity index (χ0v) is 22.0. The Hall–Kier alpha value is -1.40. The molecule has 0 fully saturated rings. The maximum Gasteiger partial charge on any atom is 0.167 e. The van der Waals surface area contributed by atoms with Crippen LogP contribution < -0.4 is 0 Å². The Morgan fingerprint density at radius 1 is 0.457 bits per heavy atom. The minimum Gasteiger partial charge on any atom is -0.396 e. The molecular weight excluding hydrogens is 571 g/mol. The van der Waals surface area contributed by atoms with E-state index in [1.165, 1.54) is 0 Å². The summed E-state index contributed by atoms with van der Waals surface area (Å²) in [6.07, 6.45) is 1.75. The van der Waals surface area contributed by atoms with Gasteiger partial charge >= 0.3 is 0 Å². The molecule has 0 amide bonds. The second-order valence-corrected chi connectivity index (χ2v) is 6.48. The van der Waals surface area contributed by atoms with Gasteiger partial charge in [-0.1, -0.05) is 13.8 Å². The third kappa shape index (κ3) is 11.0. The number of rotatable bonds is 4. The van der Waals surface area contributed by atoms with E-state index in [-0.39, 0.29) is 26.2 Å². The maximum atomic E-state index is 12.8. The van der Waals surface area contributed by atoms with Gasteiger partial charge in [-0.25, -0.2) is 35.1 Å². The van der Waals surface area contributed by atoms with E-state index in [1.54, 1.807) is 0 Å². The molecule has 0 unspecified atom stereocenters. The first kappa shape index (κ1) is 38.1. The van der Waals surface area contributed by atoms with E-state index in [4.69, 9.17) is 20.4 Å². The first-order chi connectivity index (χ1) is 15.8. The van der Waals surface area contributed by atoms with Crippen molar-refractivity contribution in [3.05, 3.63) is 68.8 Å². The van der Waals surface area contributed by atoms with Gasteiger partial charge in [-0.3, -0.25) is 0 Å². The van der Waals surface area contributed by atoms with Crippen LogP contribution in [0, 0.1) is 60.4 Å². The van der Waals surface area contributed by atoms with Gasteiger partial charge in [0.1, 0.15) is 0 Å². The van der Waals surface area contributed by atoms with Gasteiger partial charge < -0.3 is 20.4 Å². The second kappa shape index (κ2) is 19.8. The van der Waals surface area contributed by atoms with Crippen molar-refractivity contribution in [3.8, 4) is 0 Å². The van der Waals surface area contributed by atoms with Crippen LogP contribution in [0.3, 0.4) is 0 Å². The maximum absolute atomic E-state index is 12.8. The first-order valence-electron chi connectivity index (χ1n) is 9.90. The molecule has 200 valence electrons. The fourth-order valence-corrected chi connectivity index (χ4v) is 1.85. The van der Waals surface area contributed by atoms with Crippen LogP contribution >= 0.6 is 0 Å². The van der Waals surface area contributed by atoms with E-state index in [0.29, 0.717) is 13.2 Å². The number of hydrogen-bond donors (Lipinski definition) is 4. The van der Waals surface area contributed by atoms with Crippen LogP contribution in [0.25, 0.3) is 0 Å². The fraction of sp³-hybridized carbons (Fsp3) is 0.455. The number of benzene rings is 2. The van der Waals surface area contributed by atoms with E-state index in [9.17, 15) is 35.1 Å². The predicted octanol–water partition coefficient (Wildman–Crippen LogP) is 4.86. The molecule has 4 nitrogen and oxygen atoms in total. The monoisotopic (exact) mass is 598 g/mol. The molecule has 35 heavy (non-hydrogen) atoms. The van der Waals surface area contributed by atoms with E-state index in [2.05, 4.69) is 0 Å². The van der Waals surface area contributed by atoms with Crippen molar-refractivity contribution in [1.82, 2.24) is 0 Å². The van der Waals surface area contributed by atoms with Crippen molar-refractivity contribution in [2.75, 3.05) is 13.2 Å². The third-order valence-corrected chi connectivity index (χ3v) is 3.91. The topological polar surface area (TPSA) is 80.9 Å². The molecule has 0 heterocycles. The van der Waals surface area contributed by atoms with Crippen LogP contribution in [0.1, 0.15) is 48.9 Å². The SMILES string of the molecule is CCCO.CCCO.Cc1c(F)c(F)c(CO)c(F)c1F.Cc1c(F)c(F)c(CO)c(F)c1F.[Zr]. The van der Waals surface area contributed by atoms with Gasteiger partial charge in [0.2, 0.25) is 0 Å². The standard InChI is InChI=1S/2C8H6F4O.2C3H8O.Zr/c2*1-3-5(9)7(11)4(2-13)8(12)6(3)10;2*1-2-3-4;/h2*13H,2H2,1H3;2*4H,2-3H2,1H3;. The summed E-state index contributed by atoms with van der Waals surface area (Å²) in [6.45, 7) is 4.17. The summed E-state index contributed by atoms with van der Waals surface area (Å²) in [6, 6.07) is 0. The summed E-state index contributed by atoms with van der Waals surface area (Å²) in [5, 5.41) is 32.6. The van der Waals surface area contributed by atoms with Crippen molar-refractivity contribution in [1.29, 1.82) is 0 Å². The average Bonchev–Trinajstić information content (AvgIpc) is 2.85. The van der Waals surface area contributed by atoms with Crippen molar-refractivity contribution in [2.45, 2.75) is 53.8 Å². The van der Waals surface area contributed by atoms with E-state index in [0.717, 1.165) is 26.7 Å². The van der Waals surface area contributed by atoms with Crippen molar-refractivity contribution < 1.29 is 81.8 Å². The molecule has 2 rings (SSSR count). The molecule has 0 aliphatic rings. The Kier molecular flexibility index (Phi) is 21.5. The summed E-state index contributed by atoms with van der Waals surface area (Å²) in [7, 11) is 0. The number of halogens is 8. The van der Waals surface area contributed by atoms with Crippen LogP contribution in [0.4, 0.5) is 35.1 Å². The molecule has 0 saturated heterocycles. The number of hydrogen-bond acceptors (Lipinski definition) is 4. The summed E-state index contributed by atoms with van der Waals surface area (Å²) in [5.74, 6) is -12.0. The van der Waals surface area contributed by atoms with E-state index < -0.39 is 82.0 Å². The van der Waals surface area contributed by atoms with E-state index in [1.807, 2.05) is 13.8 Å². The Morgan fingerprint density at radius 3 is 0.743 bits per heavy atom. The minimum atomic E-state index is -1.54. The summed E-state index contributed by atoms with van der Waals surface area (Å²) in [4.78, 5) is 0. The molecule has 0 bridgehead atoms. The van der Waals surface area contributed by atoms with Gasteiger partial charge in [-0.05, 0) is 26.7 Å². The van der Waals surface area contributed by atoms with Gasteiger partial charge in [0.25, 0.3) is 0 Å². The molecule has 0 spiro atoms. The van der Waals surface area contributed by atoms with Crippen LogP contribution in [0.5, 0.6) is 0 Å². The van der Waals surface area contributed by atoms with Crippen molar-refractivity contribution in [3.63, 3.8) is 0 Å². The summed E-state index contributed by atoms with van der Waals surface area (Å²) in [5.41, 5.74) is -3.43. The summed E-state index contributed by atoms with van der Waals surface area (Å²) < 4.78 is 102. The normalized spacial score (nSPS) is 9.60. The average molecular weight is 600 g/mol. The fourth-order valence-electron chi connectivity index (χ4n) is 1.85. The smallest absolute Gasteiger partial charge is 0.167 e. The predicted molar refractivity (Wildman–Crippen MR) is 109 cm³/mol. The molecule has 2 aromatic carbocycles. The zero-order chi connectivity index (χ0) is 27.2. The van der Waals surface area contributed by atoms with Gasteiger partial charge in [0.05, 0.1) is 24.3 Å². The van der Waals surface area contributed by atoms with Gasteiger partial charge in [0, 0.05) is 50.5 Å². The molecule has 2 aromatic rings. The van der Waals surface area contributed by atoms with Crippen LogP contribution in [0.15, 0.2) is 0 Å². The van der Waals surface area contributed by atoms with Crippen LogP contribution in [0.2, 0.25) is 0 Å². The summed E-state index contributed by atoms with van der Waals surface area (Å²) >= 11 is 0. The molecule has 0 aromatic heterocycles. The Labute approximate surface area is 217 Å². The molecule has 13 heteroatoms. The Balaban J connectivity index is -0.000000440. The molecule has 0 saturated carbocycles. The van der Waals surface area contributed by atoms with Gasteiger partial charge in [0.15, 0.2) is 46.5 Å². The van der Waals surface area contributed by atoms with Crippen molar-refractivity contribution in [2.24, 2.45) is 0 Å². The van der Waals surface area contributed by atoms with Gasteiger partial charge in [-0.15, -0.1) is 0 Å². The quantitative estimate of drug-likeness (QED) is 0.299. The number of aliphatic hydroxyl groups excluding tert-OH is 4. The molecule has 0 aliphatic carbocycles. The Bertz CT molecular complexity index is 778. The third-order valence-electron chi connectivity index (χ3n) is 3.91.